The maximum Gasteiger partial charge on any atom is 0.167 e. The molecule has 0 amide bonds. The van der Waals surface area contributed by atoms with Crippen LogP contribution in [0.1, 0.15) is 6.92 Å². The summed E-state index contributed by atoms with van der Waals surface area (Å²) >= 11 is 0. The quantitative estimate of drug-likeness (QED) is 0.889. The summed E-state index contributed by atoms with van der Waals surface area (Å²) in [6.07, 6.45) is 0. The van der Waals surface area contributed by atoms with E-state index in [-0.39, 0.29) is 11.6 Å². The molecular formula is C14H19FN2O2. The average molecular weight is 266 g/mol. The lowest BCUT2D eigenvalue weighted by Gasteiger charge is -2.31. The van der Waals surface area contributed by atoms with E-state index in [9.17, 15) is 4.39 Å². The van der Waals surface area contributed by atoms with Gasteiger partial charge in [-0.25, -0.2) is 4.39 Å². The topological polar surface area (TPSA) is 33.7 Å². The van der Waals surface area contributed by atoms with Gasteiger partial charge in [0.05, 0.1) is 37.7 Å². The van der Waals surface area contributed by atoms with Gasteiger partial charge in [0.25, 0.3) is 0 Å². The van der Waals surface area contributed by atoms with Crippen molar-refractivity contribution in [1.29, 1.82) is 0 Å². The number of hydrogen-bond acceptors (Lipinski definition) is 4. The Morgan fingerprint density at radius 1 is 1.47 bits per heavy atom. The van der Waals surface area contributed by atoms with Crippen molar-refractivity contribution in [2.45, 2.75) is 13.0 Å². The van der Waals surface area contributed by atoms with Crippen LogP contribution in [0.15, 0.2) is 12.1 Å². The predicted octanol–water partition coefficient (Wildman–Crippen LogP) is 2.10. The molecule has 1 fully saturated rings. The van der Waals surface area contributed by atoms with Gasteiger partial charge in [-0.3, -0.25) is 0 Å². The van der Waals surface area contributed by atoms with Gasteiger partial charge < -0.3 is 19.7 Å². The molecule has 0 radical (unpaired) electrons. The Hall–Kier alpha value is -1.49. The number of nitrogens with one attached hydrogen (secondary N) is 1. The molecule has 19 heavy (non-hydrogen) atoms. The molecule has 104 valence electrons. The Balaban J connectivity index is 2.06. The third-order valence-corrected chi connectivity index (χ3v) is 4.04. The van der Waals surface area contributed by atoms with E-state index in [0.29, 0.717) is 12.0 Å². The molecule has 2 heterocycles. The molecule has 1 N–H and O–H groups in total. The molecule has 0 aromatic heterocycles. The molecule has 0 aliphatic carbocycles. The molecule has 2 unspecified atom stereocenters. The number of nitrogens with zero attached hydrogens (tertiary/aromatic N) is 1. The highest BCUT2D eigenvalue weighted by Gasteiger charge is 2.36. The highest BCUT2D eigenvalue weighted by atomic mass is 19.1. The van der Waals surface area contributed by atoms with E-state index in [2.05, 4.69) is 17.1 Å². The van der Waals surface area contributed by atoms with Crippen LogP contribution in [0, 0.1) is 11.7 Å². The number of likely N-dealkylation sites (N-methyl/N-ethyl adjacent to an activating group) is 1. The molecule has 4 nitrogen and oxygen atoms in total. The van der Waals surface area contributed by atoms with Gasteiger partial charge in [-0.05, 0) is 6.92 Å². The first-order valence-corrected chi connectivity index (χ1v) is 6.70. The summed E-state index contributed by atoms with van der Waals surface area (Å²) in [7, 11) is 1.49. The second-order valence-corrected chi connectivity index (χ2v) is 5.04. The number of hydrogen-bond donors (Lipinski definition) is 1. The molecule has 2 aliphatic heterocycles. The Kier molecular flexibility index (Phi) is 3.22. The predicted molar refractivity (Wildman–Crippen MR) is 72.6 cm³/mol. The Morgan fingerprint density at radius 3 is 3.05 bits per heavy atom. The summed E-state index contributed by atoms with van der Waals surface area (Å²) < 4.78 is 24.5. The van der Waals surface area contributed by atoms with Crippen molar-refractivity contribution < 1.29 is 13.9 Å². The minimum Gasteiger partial charge on any atom is -0.494 e. The lowest BCUT2D eigenvalue weighted by Crippen LogP contribution is -2.40. The van der Waals surface area contributed by atoms with E-state index in [4.69, 9.17) is 9.47 Å². The molecule has 0 saturated carbocycles. The van der Waals surface area contributed by atoms with Gasteiger partial charge in [-0.1, -0.05) is 0 Å². The van der Waals surface area contributed by atoms with Gasteiger partial charge in [-0.2, -0.15) is 0 Å². The van der Waals surface area contributed by atoms with Gasteiger partial charge in [-0.15, -0.1) is 0 Å². The lowest BCUT2D eigenvalue weighted by atomic mass is 10.0. The van der Waals surface area contributed by atoms with Crippen LogP contribution < -0.4 is 15.0 Å². The molecule has 1 aromatic carbocycles. The zero-order valence-corrected chi connectivity index (χ0v) is 11.3. The summed E-state index contributed by atoms with van der Waals surface area (Å²) in [6, 6.07) is 3.66. The summed E-state index contributed by atoms with van der Waals surface area (Å²) in [5.41, 5.74) is 1.84. The molecule has 1 saturated heterocycles. The number of halogens is 1. The standard InChI is InChI=1S/C14H19FN2O2/c1-3-17-12-5-14(18-2)10(15)4-11(12)16-6-9-7-19-8-13(9)17/h4-5,9,13,16H,3,6-8H2,1-2H3. The van der Waals surface area contributed by atoms with Crippen LogP contribution in [0.25, 0.3) is 0 Å². The fourth-order valence-electron chi connectivity index (χ4n) is 3.03. The number of methoxy groups -OCH3 is 1. The molecule has 0 spiro atoms. The minimum atomic E-state index is -0.326. The van der Waals surface area contributed by atoms with E-state index >= 15 is 0 Å². The van der Waals surface area contributed by atoms with Crippen molar-refractivity contribution in [3.63, 3.8) is 0 Å². The largest absolute Gasteiger partial charge is 0.494 e. The third-order valence-electron chi connectivity index (χ3n) is 4.04. The van der Waals surface area contributed by atoms with Gasteiger partial charge in [0.1, 0.15) is 0 Å². The monoisotopic (exact) mass is 266 g/mol. The van der Waals surface area contributed by atoms with Gasteiger partial charge in [0.15, 0.2) is 11.6 Å². The van der Waals surface area contributed by atoms with Crippen LogP contribution in [0.5, 0.6) is 5.75 Å². The van der Waals surface area contributed by atoms with Crippen molar-refractivity contribution in [2.24, 2.45) is 5.92 Å². The third kappa shape index (κ3) is 2.02. The van der Waals surface area contributed by atoms with Crippen LogP contribution in [-0.4, -0.2) is 39.5 Å². The van der Waals surface area contributed by atoms with E-state index in [0.717, 1.165) is 37.7 Å². The maximum absolute atomic E-state index is 13.8. The van der Waals surface area contributed by atoms with E-state index in [1.807, 2.05) is 0 Å². The van der Waals surface area contributed by atoms with Crippen LogP contribution in [0.2, 0.25) is 0 Å². The van der Waals surface area contributed by atoms with Crippen LogP contribution in [0.3, 0.4) is 0 Å². The fourth-order valence-corrected chi connectivity index (χ4v) is 3.03. The highest BCUT2D eigenvalue weighted by molar-refractivity contribution is 5.73. The van der Waals surface area contributed by atoms with E-state index in [1.165, 1.54) is 13.2 Å². The first-order valence-electron chi connectivity index (χ1n) is 6.70. The minimum absolute atomic E-state index is 0.288. The van der Waals surface area contributed by atoms with Crippen molar-refractivity contribution >= 4 is 11.4 Å². The van der Waals surface area contributed by atoms with Crippen LogP contribution >= 0.6 is 0 Å². The van der Waals surface area contributed by atoms with Crippen molar-refractivity contribution in [2.75, 3.05) is 43.6 Å². The molecule has 3 rings (SSSR count). The summed E-state index contributed by atoms with van der Waals surface area (Å²) in [4.78, 5) is 2.29. The van der Waals surface area contributed by atoms with E-state index < -0.39 is 0 Å². The fraction of sp³-hybridized carbons (Fsp3) is 0.571. The first kappa shape index (κ1) is 12.5. The van der Waals surface area contributed by atoms with Gasteiger partial charge in [0, 0.05) is 31.1 Å². The summed E-state index contributed by atoms with van der Waals surface area (Å²) in [5.74, 6) is 0.408. The highest BCUT2D eigenvalue weighted by Crippen LogP contribution is 2.38. The van der Waals surface area contributed by atoms with E-state index in [1.54, 1.807) is 6.07 Å². The summed E-state index contributed by atoms with van der Waals surface area (Å²) in [5, 5.41) is 3.34. The number of ether oxygens (including phenoxy) is 2. The molecule has 1 aromatic rings. The lowest BCUT2D eigenvalue weighted by molar-refractivity contribution is 0.185. The van der Waals surface area contributed by atoms with Crippen LogP contribution in [-0.2, 0) is 4.74 Å². The Labute approximate surface area is 112 Å². The maximum atomic E-state index is 13.8. The number of benzene rings is 1. The Bertz CT molecular complexity index is 481. The molecular weight excluding hydrogens is 247 g/mol. The average Bonchev–Trinajstić information content (AvgIpc) is 2.82. The second-order valence-electron chi connectivity index (χ2n) is 5.04. The summed E-state index contributed by atoms with van der Waals surface area (Å²) in [6.45, 7) is 5.30. The molecule has 5 heteroatoms. The normalized spacial score (nSPS) is 25.3. The number of fused-ring (bicyclic) bond motifs is 2. The van der Waals surface area contributed by atoms with Gasteiger partial charge >= 0.3 is 0 Å². The zero-order chi connectivity index (χ0) is 13.4. The molecule has 0 bridgehead atoms. The SMILES string of the molecule is CCN1c2cc(OC)c(F)cc2NCC2COCC21. The van der Waals surface area contributed by atoms with Crippen molar-refractivity contribution in [3.05, 3.63) is 17.9 Å². The first-order chi connectivity index (χ1) is 9.24. The smallest absolute Gasteiger partial charge is 0.167 e. The molecule has 2 aliphatic rings. The second kappa shape index (κ2) is 4.89. The molecule has 2 atom stereocenters. The Morgan fingerprint density at radius 2 is 2.32 bits per heavy atom. The number of anilines is 2. The van der Waals surface area contributed by atoms with Crippen LogP contribution in [0.4, 0.5) is 15.8 Å². The van der Waals surface area contributed by atoms with Gasteiger partial charge in [0.2, 0.25) is 0 Å². The number of rotatable bonds is 2. The zero-order valence-electron chi connectivity index (χ0n) is 11.3. The van der Waals surface area contributed by atoms with Crippen molar-refractivity contribution in [3.8, 4) is 5.75 Å². The van der Waals surface area contributed by atoms with Crippen molar-refractivity contribution in [1.82, 2.24) is 0 Å².